The highest BCUT2D eigenvalue weighted by Gasteiger charge is 2.38. The molecule has 9 nitrogen and oxygen atoms in total. The Hall–Kier alpha value is -8.95. The number of ether oxygens (including phenoxy) is 1. The molecule has 3 aliphatic rings. The van der Waals surface area contributed by atoms with Crippen LogP contribution in [0.25, 0.3) is 96.4 Å². The van der Waals surface area contributed by atoms with Crippen molar-refractivity contribution in [1.82, 2.24) is 24.3 Å². The molecule has 2 aliphatic heterocycles. The van der Waals surface area contributed by atoms with E-state index in [1.54, 1.807) is 34.9 Å². The zero-order chi connectivity index (χ0) is 43.8. The molecule has 0 unspecified atom stereocenters. The summed E-state index contributed by atoms with van der Waals surface area (Å²) in [5, 5.41) is 0. The molecule has 0 atom stereocenters. The Kier molecular flexibility index (Phi) is 8.63. The van der Waals surface area contributed by atoms with Crippen molar-refractivity contribution in [3.8, 4) is 44.5 Å². The van der Waals surface area contributed by atoms with Crippen LogP contribution in [-0.2, 0) is 4.74 Å². The van der Waals surface area contributed by atoms with Gasteiger partial charge in [0, 0.05) is 61.6 Å². The molecular formula is C56H35N5O4. The predicted octanol–water partition coefficient (Wildman–Crippen LogP) is 12.1. The summed E-state index contributed by atoms with van der Waals surface area (Å²) in [6.45, 7) is 0. The van der Waals surface area contributed by atoms with E-state index in [4.69, 9.17) is 14.7 Å². The highest BCUT2D eigenvalue weighted by atomic mass is 16.5. The minimum Gasteiger partial charge on any atom is -0.464 e. The predicted molar refractivity (Wildman–Crippen MR) is 256 cm³/mol. The molecule has 5 aromatic heterocycles. The molecule has 12 rings (SSSR count). The summed E-state index contributed by atoms with van der Waals surface area (Å²) in [4.78, 5) is 60.5. The third-order valence-electron chi connectivity index (χ3n) is 12.4. The minimum atomic E-state index is -0.721. The van der Waals surface area contributed by atoms with Gasteiger partial charge in [-0.2, -0.15) is 0 Å². The molecular weight excluding hydrogens is 807 g/mol. The largest absolute Gasteiger partial charge is 0.464 e. The number of nitrogens with one attached hydrogen (secondary N) is 2. The molecule has 2 N–H and O–H groups in total. The number of fused-ring (bicyclic) bond motifs is 12. The lowest BCUT2D eigenvalue weighted by molar-refractivity contribution is 0.0589. The van der Waals surface area contributed by atoms with E-state index >= 15 is 0 Å². The average molecular weight is 842 g/mol. The second-order valence-corrected chi connectivity index (χ2v) is 16.1. The number of nitrogens with zero attached hydrogens (tertiary/aromatic N) is 3. The Morgan fingerprint density at radius 1 is 0.462 bits per heavy atom. The lowest BCUT2D eigenvalue weighted by Gasteiger charge is -2.15. The fraction of sp³-hybridized carbons (Fsp3) is 0.0179. The second-order valence-electron chi connectivity index (χ2n) is 16.1. The number of carbonyl (C=O) groups excluding carboxylic acids is 3. The highest BCUT2D eigenvalue weighted by Crippen LogP contribution is 2.41. The molecule has 0 amide bonds. The maximum Gasteiger partial charge on any atom is 0.355 e. The first-order valence-electron chi connectivity index (χ1n) is 21.2. The molecule has 0 spiro atoms. The Morgan fingerprint density at radius 3 is 1.26 bits per heavy atom. The summed E-state index contributed by atoms with van der Waals surface area (Å²) in [6, 6.07) is 49.4. The van der Waals surface area contributed by atoms with Crippen molar-refractivity contribution in [2.75, 3.05) is 7.11 Å². The number of hydrogen-bond donors (Lipinski definition) is 2. The fourth-order valence-electron chi connectivity index (χ4n) is 9.54. The van der Waals surface area contributed by atoms with Crippen molar-refractivity contribution in [3.63, 3.8) is 0 Å². The number of ketones is 2. The van der Waals surface area contributed by atoms with Gasteiger partial charge >= 0.3 is 5.97 Å². The molecule has 9 aromatic rings. The van der Waals surface area contributed by atoms with E-state index in [2.05, 4.69) is 76.7 Å². The maximum atomic E-state index is 14.4. The Labute approximate surface area is 371 Å². The zero-order valence-corrected chi connectivity index (χ0v) is 34.8. The number of aromatic amines is 2. The normalized spacial score (nSPS) is 12.7. The van der Waals surface area contributed by atoms with E-state index in [0.717, 1.165) is 78.1 Å². The molecule has 9 heteroatoms. The van der Waals surface area contributed by atoms with E-state index in [1.165, 1.54) is 7.11 Å². The van der Waals surface area contributed by atoms with Crippen molar-refractivity contribution >= 4 is 69.4 Å². The van der Waals surface area contributed by atoms with Gasteiger partial charge in [0.15, 0.2) is 11.6 Å². The molecule has 4 aromatic carbocycles. The van der Waals surface area contributed by atoms with Crippen molar-refractivity contribution in [1.29, 1.82) is 0 Å². The Bertz CT molecular complexity index is 3710. The Morgan fingerprint density at radius 2 is 0.846 bits per heavy atom. The van der Waals surface area contributed by atoms with Crippen molar-refractivity contribution in [2.45, 2.75) is 0 Å². The first-order valence-corrected chi connectivity index (χ1v) is 21.2. The first kappa shape index (κ1) is 37.8. The SMILES string of the molecule is COC(=O)c1c2c(c3cc(-c4c5nc(c(-c6ccccc6)c6ccc([nH]6)c(-c6ccccc6)c6nc(c(-c7ccccc7)c7ccc4[nH]7)C=C6)C=C5)ccn13)C(=O)c1ccccc1C2=O. The van der Waals surface area contributed by atoms with Gasteiger partial charge in [0.1, 0.15) is 5.69 Å². The van der Waals surface area contributed by atoms with Gasteiger partial charge in [-0.15, -0.1) is 0 Å². The average Bonchev–Trinajstić information content (AvgIpc) is 4.22. The van der Waals surface area contributed by atoms with Crippen molar-refractivity contribution in [3.05, 3.63) is 209 Å². The van der Waals surface area contributed by atoms with Crippen molar-refractivity contribution in [2.24, 2.45) is 0 Å². The smallest absolute Gasteiger partial charge is 0.355 e. The molecule has 0 radical (unpaired) electrons. The van der Waals surface area contributed by atoms with E-state index in [9.17, 15) is 14.4 Å². The van der Waals surface area contributed by atoms with Gasteiger partial charge in [0.2, 0.25) is 0 Å². The number of carbonyl (C=O) groups is 3. The van der Waals surface area contributed by atoms with Crippen LogP contribution in [0.15, 0.2) is 158 Å². The van der Waals surface area contributed by atoms with Crippen molar-refractivity contribution < 1.29 is 19.1 Å². The summed E-state index contributed by atoms with van der Waals surface area (Å²) in [5.74, 6) is -1.48. The number of rotatable bonds is 5. The number of methoxy groups -OCH3 is 1. The topological polar surface area (TPSA) is 122 Å². The van der Waals surface area contributed by atoms with E-state index in [0.29, 0.717) is 16.8 Å². The van der Waals surface area contributed by atoms with Crippen LogP contribution in [0, 0.1) is 0 Å². The van der Waals surface area contributed by atoms with Gasteiger partial charge in [-0.25, -0.2) is 14.8 Å². The summed E-state index contributed by atoms with van der Waals surface area (Å²) >= 11 is 0. The number of aromatic nitrogens is 5. The first-order chi connectivity index (χ1) is 31.9. The number of pyridine rings is 1. The molecule has 7 heterocycles. The van der Waals surface area contributed by atoms with Gasteiger partial charge in [0.25, 0.3) is 0 Å². The lowest BCUT2D eigenvalue weighted by Crippen LogP contribution is -2.22. The van der Waals surface area contributed by atoms with E-state index < -0.39 is 11.8 Å². The lowest BCUT2D eigenvalue weighted by atomic mass is 9.84. The molecule has 1 aliphatic carbocycles. The molecule has 8 bridgehead atoms. The molecule has 0 fully saturated rings. The third-order valence-corrected chi connectivity index (χ3v) is 12.4. The summed E-state index contributed by atoms with van der Waals surface area (Å²) in [7, 11) is 1.27. The van der Waals surface area contributed by atoms with Crippen LogP contribution >= 0.6 is 0 Å². The number of esters is 1. The summed E-state index contributed by atoms with van der Waals surface area (Å²) < 4.78 is 6.81. The fourth-order valence-corrected chi connectivity index (χ4v) is 9.54. The van der Waals surface area contributed by atoms with Crippen LogP contribution in [0.3, 0.4) is 0 Å². The molecule has 0 saturated heterocycles. The summed E-state index contributed by atoms with van der Waals surface area (Å²) in [6.07, 6.45) is 9.90. The number of hydrogen-bond acceptors (Lipinski definition) is 6. The third kappa shape index (κ3) is 5.97. The molecule has 308 valence electrons. The number of H-pyrrole nitrogens is 2. The van der Waals surface area contributed by atoms with E-state index in [1.807, 2.05) is 84.9 Å². The van der Waals surface area contributed by atoms with Gasteiger partial charge in [0.05, 0.1) is 46.5 Å². The van der Waals surface area contributed by atoms with Crippen LogP contribution in [-0.4, -0.2) is 49.0 Å². The van der Waals surface area contributed by atoms with Crippen LogP contribution < -0.4 is 0 Å². The van der Waals surface area contributed by atoms with Gasteiger partial charge in [-0.3, -0.25) is 9.59 Å². The summed E-state index contributed by atoms with van der Waals surface area (Å²) in [5.41, 5.74) is 14.7. The van der Waals surface area contributed by atoms with Gasteiger partial charge in [-0.1, -0.05) is 115 Å². The number of benzene rings is 4. The zero-order valence-electron chi connectivity index (χ0n) is 34.8. The molecule has 65 heavy (non-hydrogen) atoms. The standard InChI is InChI=1S/C56H35N5O4/c1-65-56(64)53-52-51(54(62)36-19-11-12-20-37(36)55(52)63)46-31-35(29-30-61(46)53)50-44-27-25-42(59-44)48(33-15-7-3-8-16-33)40-23-21-38(57-40)47(32-13-5-2-6-14-32)39-22-24-41(58-39)49(34-17-9-4-10-18-34)43-26-28-45(50)60-43/h2-31,57,60H,1H3. The minimum absolute atomic E-state index is 0.000433. The van der Waals surface area contributed by atoms with Crippen LogP contribution in [0.1, 0.15) is 65.1 Å². The van der Waals surface area contributed by atoms with E-state index in [-0.39, 0.29) is 33.7 Å². The van der Waals surface area contributed by atoms with Crippen LogP contribution in [0.2, 0.25) is 0 Å². The maximum absolute atomic E-state index is 14.4. The quantitative estimate of drug-likeness (QED) is 0.166. The highest BCUT2D eigenvalue weighted by molar-refractivity contribution is 6.33. The van der Waals surface area contributed by atoms with Gasteiger partial charge < -0.3 is 19.1 Å². The molecule has 0 saturated carbocycles. The Balaban J connectivity index is 1.21. The second kappa shape index (κ2) is 14.9. The monoisotopic (exact) mass is 841 g/mol. The van der Waals surface area contributed by atoms with Crippen LogP contribution in [0.5, 0.6) is 0 Å². The van der Waals surface area contributed by atoms with Gasteiger partial charge in [-0.05, 0) is 83.0 Å². The van der Waals surface area contributed by atoms with Crippen LogP contribution in [0.4, 0.5) is 0 Å².